The highest BCUT2D eigenvalue weighted by Gasteiger charge is 2.38. The largest absolute Gasteiger partial charge is 0.368 e. The van der Waals surface area contributed by atoms with Crippen molar-refractivity contribution in [2.45, 2.75) is 76.5 Å². The summed E-state index contributed by atoms with van der Waals surface area (Å²) in [6.07, 6.45) is 14.0. The van der Waals surface area contributed by atoms with Crippen molar-refractivity contribution in [1.82, 2.24) is 9.80 Å². The van der Waals surface area contributed by atoms with E-state index in [1.54, 1.807) is 18.7 Å². The lowest BCUT2D eigenvalue weighted by molar-refractivity contribution is -0.138. The van der Waals surface area contributed by atoms with E-state index in [-0.39, 0.29) is 29.9 Å². The summed E-state index contributed by atoms with van der Waals surface area (Å²) in [6, 6.07) is 0.848. The number of primary amides is 1. The third kappa shape index (κ3) is 5.02. The molecule has 7 nitrogen and oxygen atoms in total. The van der Waals surface area contributed by atoms with Gasteiger partial charge in [0.15, 0.2) is 0 Å². The molecule has 0 saturated carbocycles. The number of hydrogen-bond acceptors (Lipinski definition) is 4. The van der Waals surface area contributed by atoms with Crippen LogP contribution in [0, 0.1) is 36.0 Å². The summed E-state index contributed by atoms with van der Waals surface area (Å²) in [5.41, 5.74) is 5.20. The second-order valence-corrected chi connectivity index (χ2v) is 6.39. The fourth-order valence-corrected chi connectivity index (χ4v) is 3.42. The Morgan fingerprint density at radius 2 is 1.37 bits per heavy atom. The van der Waals surface area contributed by atoms with Crippen LogP contribution in [0.15, 0.2) is 0 Å². The molecular weight excluding hydrogens is 344 g/mol. The average molecular weight is 370 g/mol. The lowest BCUT2D eigenvalue weighted by atomic mass is 10.2. The van der Waals surface area contributed by atoms with Crippen LogP contribution in [0.1, 0.15) is 52.4 Å². The molecular formula is C20H26N4O3. The molecule has 0 bridgehead atoms. The number of amides is 3. The Bertz CT molecular complexity index is 675. The lowest BCUT2D eigenvalue weighted by Crippen LogP contribution is -2.46. The zero-order valence-electron chi connectivity index (χ0n) is 15.9. The van der Waals surface area contributed by atoms with Gasteiger partial charge in [-0.25, -0.2) is 0 Å². The molecule has 0 aliphatic carbocycles. The van der Waals surface area contributed by atoms with Gasteiger partial charge < -0.3 is 15.5 Å². The van der Waals surface area contributed by atoms with Gasteiger partial charge in [0.1, 0.15) is 12.1 Å². The quantitative estimate of drug-likeness (QED) is 0.741. The van der Waals surface area contributed by atoms with Crippen LogP contribution in [-0.4, -0.2) is 51.7 Å². The topological polar surface area (TPSA) is 108 Å². The molecule has 2 aliphatic rings. The van der Waals surface area contributed by atoms with Gasteiger partial charge in [0, 0.05) is 12.8 Å². The molecule has 144 valence electrons. The van der Waals surface area contributed by atoms with Gasteiger partial charge >= 0.3 is 0 Å². The van der Waals surface area contributed by atoms with Crippen LogP contribution in [0.25, 0.3) is 0 Å². The van der Waals surface area contributed by atoms with E-state index in [4.69, 9.17) is 23.8 Å². The summed E-state index contributed by atoms with van der Waals surface area (Å²) >= 11 is 0. The van der Waals surface area contributed by atoms with Crippen LogP contribution in [0.4, 0.5) is 0 Å². The summed E-state index contributed by atoms with van der Waals surface area (Å²) in [4.78, 5) is 37.0. The summed E-state index contributed by atoms with van der Waals surface area (Å²) in [5.74, 6) is 4.47. The van der Waals surface area contributed by atoms with Crippen molar-refractivity contribution < 1.29 is 14.4 Å². The third-order valence-electron chi connectivity index (χ3n) is 4.81. The molecule has 0 aromatic carbocycles. The van der Waals surface area contributed by atoms with Gasteiger partial charge in [0.2, 0.25) is 17.7 Å². The first-order valence-corrected chi connectivity index (χ1v) is 9.09. The van der Waals surface area contributed by atoms with Crippen LogP contribution >= 0.6 is 0 Å². The minimum Gasteiger partial charge on any atom is -0.368 e. The van der Waals surface area contributed by atoms with Gasteiger partial charge in [-0.05, 0) is 25.7 Å². The van der Waals surface area contributed by atoms with E-state index in [0.717, 1.165) is 6.42 Å². The minimum absolute atomic E-state index is 0.0213. The first-order valence-electron chi connectivity index (χ1n) is 9.09. The average Bonchev–Trinajstić information content (AvgIpc) is 3.30. The fourth-order valence-electron chi connectivity index (χ4n) is 3.42. The maximum atomic E-state index is 11.5. The summed E-state index contributed by atoms with van der Waals surface area (Å²) in [6.45, 7) is 3.52. The third-order valence-corrected chi connectivity index (χ3v) is 4.81. The van der Waals surface area contributed by atoms with E-state index in [2.05, 4.69) is 17.9 Å². The zero-order valence-corrected chi connectivity index (χ0v) is 15.9. The van der Waals surface area contributed by atoms with E-state index >= 15 is 0 Å². The van der Waals surface area contributed by atoms with Gasteiger partial charge in [-0.3, -0.25) is 14.4 Å². The van der Waals surface area contributed by atoms with Crippen LogP contribution in [-0.2, 0) is 14.4 Å². The standard InChI is InChI=1S/C10H14N2O2.C10H12N2O/c1-3-7-5-6-8(10(11)14)12(7)9(13)4-2;1-3-8-5-6-9(7-11)12(8)10(13)4-2/h1,7-8H,4-6H2,2H3,(H2,11,14);1,8-9H,4-6H2,2H3/t7-,8-;8-,9-/m00/s1. The highest BCUT2D eigenvalue weighted by atomic mass is 16.2. The highest BCUT2D eigenvalue weighted by Crippen LogP contribution is 2.25. The van der Waals surface area contributed by atoms with Gasteiger partial charge in [0.05, 0.1) is 18.2 Å². The number of nitrogens with two attached hydrogens (primary N) is 1. The second-order valence-electron chi connectivity index (χ2n) is 6.39. The number of carbonyl (C=O) groups is 3. The number of likely N-dealkylation sites (tertiary alicyclic amines) is 2. The zero-order chi connectivity index (χ0) is 20.6. The lowest BCUT2D eigenvalue weighted by Gasteiger charge is -2.25. The first kappa shape index (κ1) is 22.1. The molecule has 2 fully saturated rings. The monoisotopic (exact) mass is 370 g/mol. The Balaban J connectivity index is 0.000000271. The number of hydrogen-bond donors (Lipinski definition) is 1. The minimum atomic E-state index is -0.511. The van der Waals surface area contributed by atoms with Crippen molar-refractivity contribution in [3.8, 4) is 30.8 Å². The fraction of sp³-hybridized carbons (Fsp3) is 0.600. The van der Waals surface area contributed by atoms with Crippen molar-refractivity contribution in [2.75, 3.05) is 0 Å². The molecule has 7 heteroatoms. The number of rotatable bonds is 3. The van der Waals surface area contributed by atoms with E-state index in [9.17, 15) is 14.4 Å². The molecule has 0 unspecified atom stereocenters. The second kappa shape index (κ2) is 10.2. The van der Waals surface area contributed by atoms with Crippen LogP contribution in [0.2, 0.25) is 0 Å². The maximum Gasteiger partial charge on any atom is 0.240 e. The molecule has 2 rings (SSSR count). The molecule has 2 N–H and O–H groups in total. The van der Waals surface area contributed by atoms with Crippen molar-refractivity contribution in [3.63, 3.8) is 0 Å². The molecule has 27 heavy (non-hydrogen) atoms. The summed E-state index contributed by atoms with van der Waals surface area (Å²) in [5, 5.41) is 8.78. The summed E-state index contributed by atoms with van der Waals surface area (Å²) in [7, 11) is 0. The molecule has 0 radical (unpaired) electrons. The smallest absolute Gasteiger partial charge is 0.240 e. The molecule has 2 aliphatic heterocycles. The summed E-state index contributed by atoms with van der Waals surface area (Å²) < 4.78 is 0. The van der Waals surface area contributed by atoms with E-state index in [0.29, 0.717) is 32.1 Å². The van der Waals surface area contributed by atoms with Crippen molar-refractivity contribution in [3.05, 3.63) is 0 Å². The normalized spacial score (nSPS) is 26.2. The van der Waals surface area contributed by atoms with E-state index < -0.39 is 11.9 Å². The van der Waals surface area contributed by atoms with Crippen molar-refractivity contribution in [1.29, 1.82) is 5.26 Å². The molecule has 4 atom stereocenters. The Labute approximate surface area is 160 Å². The molecule has 0 aromatic rings. The Kier molecular flexibility index (Phi) is 8.36. The van der Waals surface area contributed by atoms with Gasteiger partial charge in [0.25, 0.3) is 0 Å². The van der Waals surface area contributed by atoms with Crippen molar-refractivity contribution >= 4 is 17.7 Å². The number of nitrogens with zero attached hydrogens (tertiary/aromatic N) is 3. The number of carbonyl (C=O) groups excluding carboxylic acids is 3. The van der Waals surface area contributed by atoms with Gasteiger partial charge in [-0.2, -0.15) is 5.26 Å². The van der Waals surface area contributed by atoms with Crippen LogP contribution in [0.3, 0.4) is 0 Å². The highest BCUT2D eigenvalue weighted by molar-refractivity contribution is 5.87. The van der Waals surface area contributed by atoms with Gasteiger partial charge in [-0.1, -0.05) is 25.7 Å². The van der Waals surface area contributed by atoms with E-state index in [1.165, 1.54) is 4.90 Å². The molecule has 2 heterocycles. The maximum absolute atomic E-state index is 11.5. The molecule has 3 amide bonds. The van der Waals surface area contributed by atoms with Crippen LogP contribution < -0.4 is 5.73 Å². The first-order chi connectivity index (χ1) is 12.9. The molecule has 2 saturated heterocycles. The predicted molar refractivity (Wildman–Crippen MR) is 100 cm³/mol. The van der Waals surface area contributed by atoms with Crippen molar-refractivity contribution in [2.24, 2.45) is 5.73 Å². The predicted octanol–water partition coefficient (Wildman–Crippen LogP) is 0.787. The number of terminal acetylenes is 2. The van der Waals surface area contributed by atoms with Crippen LogP contribution in [0.5, 0.6) is 0 Å². The van der Waals surface area contributed by atoms with Gasteiger partial charge in [-0.15, -0.1) is 12.8 Å². The Morgan fingerprint density at radius 1 is 0.926 bits per heavy atom. The number of nitriles is 1. The van der Waals surface area contributed by atoms with E-state index in [1.807, 2.05) is 0 Å². The Morgan fingerprint density at radius 3 is 1.81 bits per heavy atom. The molecule has 0 aromatic heterocycles. The SMILES string of the molecule is C#C[C@H]1CC[C@@H](C#N)N1C(=O)CC.C#C[C@H]1CC[C@@H](C(N)=O)N1C(=O)CC. The Hall–Kier alpha value is -2.98. The molecule has 0 spiro atoms.